The summed E-state index contributed by atoms with van der Waals surface area (Å²) >= 11 is 0. The number of hydrogen-bond donors (Lipinski definition) is 1. The smallest absolute Gasteiger partial charge is 0.381 e. The zero-order valence-electron chi connectivity index (χ0n) is 15.6. The van der Waals surface area contributed by atoms with Crippen LogP contribution in [0.3, 0.4) is 0 Å². The Labute approximate surface area is 169 Å². The lowest BCUT2D eigenvalue weighted by Gasteiger charge is -2.20. The molecule has 3 aromatic heterocycles. The first kappa shape index (κ1) is 20.0. The largest absolute Gasteiger partial charge is 0.433 e. The summed E-state index contributed by atoms with van der Waals surface area (Å²) < 4.78 is 46.5. The van der Waals surface area contributed by atoms with Crippen LogP contribution >= 0.6 is 0 Å². The molecule has 0 atom stereocenters. The van der Waals surface area contributed by atoms with Gasteiger partial charge in [-0.05, 0) is 43.2 Å². The number of nitrogens with zero attached hydrogens (tertiary/aromatic N) is 5. The molecule has 0 aromatic carbocycles. The summed E-state index contributed by atoms with van der Waals surface area (Å²) in [6.07, 6.45) is -0.490. The Morgan fingerprint density at radius 1 is 1.17 bits per heavy atom. The topological polar surface area (TPSA) is 94.8 Å². The van der Waals surface area contributed by atoms with Crippen molar-refractivity contribution in [3.05, 3.63) is 48.4 Å². The van der Waals surface area contributed by atoms with E-state index in [0.717, 1.165) is 6.07 Å². The number of anilines is 1. The number of carbonyl (C=O) groups is 1. The van der Waals surface area contributed by atoms with Gasteiger partial charge in [0.2, 0.25) is 5.91 Å². The van der Waals surface area contributed by atoms with Gasteiger partial charge in [0.05, 0.1) is 5.69 Å². The van der Waals surface area contributed by atoms with Gasteiger partial charge >= 0.3 is 6.18 Å². The summed E-state index contributed by atoms with van der Waals surface area (Å²) in [5.41, 5.74) is -0.446. The average molecular weight is 418 g/mol. The second kappa shape index (κ2) is 8.19. The van der Waals surface area contributed by atoms with Crippen LogP contribution in [0.5, 0.6) is 0 Å². The third-order valence-electron chi connectivity index (χ3n) is 4.67. The molecule has 0 radical (unpaired) electrons. The highest BCUT2D eigenvalue weighted by molar-refractivity contribution is 5.91. The van der Waals surface area contributed by atoms with Gasteiger partial charge in [-0.15, -0.1) is 10.2 Å². The minimum Gasteiger partial charge on any atom is -0.381 e. The van der Waals surface area contributed by atoms with Gasteiger partial charge in [-0.2, -0.15) is 18.3 Å². The van der Waals surface area contributed by atoms with E-state index in [4.69, 9.17) is 4.74 Å². The summed E-state index contributed by atoms with van der Waals surface area (Å²) in [4.78, 5) is 16.2. The normalized spacial score (nSPS) is 15.2. The molecule has 1 aliphatic heterocycles. The van der Waals surface area contributed by atoms with Gasteiger partial charge in [0.25, 0.3) is 0 Å². The molecule has 1 amide bonds. The van der Waals surface area contributed by atoms with Crippen molar-refractivity contribution >= 4 is 11.7 Å². The number of nitrogens with one attached hydrogen (secondary N) is 1. The predicted molar refractivity (Wildman–Crippen MR) is 99.6 cm³/mol. The minimum absolute atomic E-state index is 0.106. The molecule has 0 unspecified atom stereocenters. The van der Waals surface area contributed by atoms with Crippen molar-refractivity contribution in [3.63, 3.8) is 0 Å². The van der Waals surface area contributed by atoms with E-state index in [-0.39, 0.29) is 29.2 Å². The fourth-order valence-corrected chi connectivity index (χ4v) is 3.11. The molecule has 11 heteroatoms. The Kier molecular flexibility index (Phi) is 5.44. The van der Waals surface area contributed by atoms with Gasteiger partial charge in [-0.1, -0.05) is 0 Å². The quantitative estimate of drug-likeness (QED) is 0.700. The zero-order chi connectivity index (χ0) is 21.1. The Morgan fingerprint density at radius 3 is 2.60 bits per heavy atom. The monoisotopic (exact) mass is 418 g/mol. The molecule has 4 rings (SSSR count). The zero-order valence-corrected chi connectivity index (χ0v) is 15.6. The molecule has 0 aliphatic carbocycles. The minimum atomic E-state index is -4.65. The highest BCUT2D eigenvalue weighted by Gasteiger charge is 2.37. The van der Waals surface area contributed by atoms with Crippen molar-refractivity contribution in [1.29, 1.82) is 0 Å². The molecular weight excluding hydrogens is 401 g/mol. The number of rotatable bonds is 4. The Hall–Kier alpha value is -3.34. The van der Waals surface area contributed by atoms with Crippen LogP contribution in [0.1, 0.15) is 18.5 Å². The van der Waals surface area contributed by atoms with E-state index in [2.05, 4.69) is 25.6 Å². The second-order valence-corrected chi connectivity index (χ2v) is 6.72. The van der Waals surface area contributed by atoms with Gasteiger partial charge in [-0.25, -0.2) is 4.68 Å². The van der Waals surface area contributed by atoms with Crippen LogP contribution in [-0.2, 0) is 15.7 Å². The molecule has 4 heterocycles. The summed E-state index contributed by atoms with van der Waals surface area (Å²) in [7, 11) is 0. The molecule has 1 fully saturated rings. The van der Waals surface area contributed by atoms with Crippen molar-refractivity contribution in [1.82, 2.24) is 25.0 Å². The molecule has 30 heavy (non-hydrogen) atoms. The SMILES string of the molecule is O=C(Nc1ccc(-n2nc(-c3cccnc3)cc2C(F)(F)F)nn1)C1CCOCC1. The molecule has 1 N–H and O–H groups in total. The van der Waals surface area contributed by atoms with Crippen LogP contribution in [0.25, 0.3) is 17.1 Å². The number of amides is 1. The molecule has 3 aromatic rings. The molecule has 1 aliphatic rings. The van der Waals surface area contributed by atoms with Crippen LogP contribution in [0.15, 0.2) is 42.7 Å². The number of pyridine rings is 1. The molecular formula is C19H17F3N6O2. The van der Waals surface area contributed by atoms with Crippen LogP contribution in [0.4, 0.5) is 19.0 Å². The number of ether oxygens (including phenoxy) is 1. The lowest BCUT2D eigenvalue weighted by molar-refractivity contribution is -0.142. The van der Waals surface area contributed by atoms with E-state index in [1.165, 1.54) is 24.5 Å². The molecule has 0 saturated carbocycles. The van der Waals surface area contributed by atoms with Gasteiger partial charge in [0.15, 0.2) is 17.3 Å². The Morgan fingerprint density at radius 2 is 1.97 bits per heavy atom. The summed E-state index contributed by atoms with van der Waals surface area (Å²) in [6.45, 7) is 1.03. The molecule has 1 saturated heterocycles. The number of hydrogen-bond acceptors (Lipinski definition) is 6. The lowest BCUT2D eigenvalue weighted by Crippen LogP contribution is -2.29. The van der Waals surface area contributed by atoms with Gasteiger partial charge in [-0.3, -0.25) is 9.78 Å². The first-order chi connectivity index (χ1) is 14.4. The van der Waals surface area contributed by atoms with Crippen molar-refractivity contribution in [2.45, 2.75) is 19.0 Å². The van der Waals surface area contributed by atoms with E-state index >= 15 is 0 Å². The Bertz CT molecular complexity index is 1010. The van der Waals surface area contributed by atoms with Crippen molar-refractivity contribution in [2.24, 2.45) is 5.92 Å². The van der Waals surface area contributed by atoms with E-state index in [9.17, 15) is 18.0 Å². The highest BCUT2D eigenvalue weighted by Crippen LogP contribution is 2.33. The van der Waals surface area contributed by atoms with Crippen LogP contribution in [0.2, 0.25) is 0 Å². The molecule has 156 valence electrons. The number of halogens is 3. The van der Waals surface area contributed by atoms with E-state index in [0.29, 0.717) is 36.3 Å². The van der Waals surface area contributed by atoms with Crippen molar-refractivity contribution in [3.8, 4) is 17.1 Å². The predicted octanol–water partition coefficient (Wildman–Crippen LogP) is 3.11. The molecule has 0 spiro atoms. The lowest BCUT2D eigenvalue weighted by atomic mass is 9.99. The van der Waals surface area contributed by atoms with Gasteiger partial charge in [0.1, 0.15) is 0 Å². The third-order valence-corrected chi connectivity index (χ3v) is 4.67. The standard InChI is InChI=1S/C19H17F3N6O2/c20-19(21,22)15-10-14(13-2-1-7-23-11-13)27-28(15)17-4-3-16(25-26-17)24-18(29)12-5-8-30-9-6-12/h1-4,7,10-12H,5-6,8-9H2,(H,24,25,29). The maximum absolute atomic E-state index is 13.5. The van der Waals surface area contributed by atoms with Crippen LogP contribution < -0.4 is 5.32 Å². The average Bonchev–Trinajstić information content (AvgIpc) is 3.22. The molecule has 0 bridgehead atoms. The second-order valence-electron chi connectivity index (χ2n) is 6.72. The van der Waals surface area contributed by atoms with Gasteiger partial charge < -0.3 is 10.1 Å². The van der Waals surface area contributed by atoms with E-state index in [1.54, 1.807) is 12.1 Å². The number of alkyl halides is 3. The van der Waals surface area contributed by atoms with Crippen LogP contribution in [-0.4, -0.2) is 44.1 Å². The summed E-state index contributed by atoms with van der Waals surface area (Å²) in [5.74, 6) is -0.371. The third kappa shape index (κ3) is 4.30. The summed E-state index contributed by atoms with van der Waals surface area (Å²) in [6, 6.07) is 6.87. The molecule has 8 nitrogen and oxygen atoms in total. The fourth-order valence-electron chi connectivity index (χ4n) is 3.11. The first-order valence-corrected chi connectivity index (χ1v) is 9.22. The van der Waals surface area contributed by atoms with Crippen molar-refractivity contribution in [2.75, 3.05) is 18.5 Å². The maximum atomic E-state index is 13.5. The maximum Gasteiger partial charge on any atom is 0.433 e. The van der Waals surface area contributed by atoms with Crippen molar-refractivity contribution < 1.29 is 22.7 Å². The first-order valence-electron chi connectivity index (χ1n) is 9.22. The van der Waals surface area contributed by atoms with Gasteiger partial charge in [0, 0.05) is 37.1 Å². The Balaban J connectivity index is 1.59. The van der Waals surface area contributed by atoms with E-state index < -0.39 is 11.9 Å². The highest BCUT2D eigenvalue weighted by atomic mass is 19.4. The number of carbonyl (C=O) groups excluding carboxylic acids is 1. The fraction of sp³-hybridized carbons (Fsp3) is 0.316. The van der Waals surface area contributed by atoms with Crippen LogP contribution in [0, 0.1) is 5.92 Å². The number of aromatic nitrogens is 5. The summed E-state index contributed by atoms with van der Waals surface area (Å²) in [5, 5.41) is 14.3. The van der Waals surface area contributed by atoms with E-state index in [1.807, 2.05) is 0 Å².